The zero-order valence-electron chi connectivity index (χ0n) is 16.6. The molecule has 1 amide bonds. The average molecular weight is 498 g/mol. The van der Waals surface area contributed by atoms with Crippen LogP contribution in [0, 0.1) is 0 Å². The van der Waals surface area contributed by atoms with Crippen LogP contribution in [0.4, 0.5) is 0 Å². The van der Waals surface area contributed by atoms with Gasteiger partial charge in [-0.3, -0.25) is 4.79 Å². The Labute approximate surface area is 188 Å². The summed E-state index contributed by atoms with van der Waals surface area (Å²) in [7, 11) is -3.61. The maximum Gasteiger partial charge on any atom is 0.270 e. The minimum atomic E-state index is -3.61. The van der Waals surface area contributed by atoms with Crippen molar-refractivity contribution in [3.05, 3.63) is 76.9 Å². The lowest BCUT2D eigenvalue weighted by Crippen LogP contribution is -2.50. The molecule has 1 N–H and O–H groups in total. The Bertz CT molecular complexity index is 1410. The molecule has 0 unspecified atom stereocenters. The smallest absolute Gasteiger partial charge is 0.270 e. The normalized spacial score (nSPS) is 15.6. The number of carbonyl (C=O) groups is 1. The summed E-state index contributed by atoms with van der Waals surface area (Å²) in [6, 6.07) is 20.5. The first-order valence-corrected chi connectivity index (χ1v) is 12.2. The van der Waals surface area contributed by atoms with Crippen LogP contribution < -0.4 is 0 Å². The van der Waals surface area contributed by atoms with Gasteiger partial charge in [0.2, 0.25) is 10.0 Å². The van der Waals surface area contributed by atoms with Crippen molar-refractivity contribution >= 4 is 53.5 Å². The molecule has 0 aliphatic carbocycles. The fourth-order valence-corrected chi connectivity index (χ4v) is 5.81. The molecule has 2 heterocycles. The zero-order chi connectivity index (χ0) is 21.6. The molecule has 6 nitrogen and oxygen atoms in total. The Morgan fingerprint density at radius 2 is 1.55 bits per heavy atom. The molecule has 1 aliphatic heterocycles. The lowest BCUT2D eigenvalue weighted by Gasteiger charge is -2.33. The van der Waals surface area contributed by atoms with E-state index in [0.29, 0.717) is 18.8 Å². The third-order valence-electron chi connectivity index (χ3n) is 5.70. The highest BCUT2D eigenvalue weighted by molar-refractivity contribution is 9.10. The van der Waals surface area contributed by atoms with Gasteiger partial charge < -0.3 is 9.88 Å². The maximum absolute atomic E-state index is 13.1. The number of H-pyrrole nitrogens is 1. The predicted octanol–water partition coefficient (Wildman–Crippen LogP) is 4.23. The molecule has 5 rings (SSSR count). The van der Waals surface area contributed by atoms with Gasteiger partial charge >= 0.3 is 0 Å². The van der Waals surface area contributed by atoms with Crippen LogP contribution in [0.3, 0.4) is 0 Å². The topological polar surface area (TPSA) is 73.5 Å². The monoisotopic (exact) mass is 497 g/mol. The van der Waals surface area contributed by atoms with Crippen molar-refractivity contribution in [2.75, 3.05) is 26.2 Å². The van der Waals surface area contributed by atoms with Crippen molar-refractivity contribution in [2.24, 2.45) is 0 Å². The van der Waals surface area contributed by atoms with Gasteiger partial charge in [0.15, 0.2) is 0 Å². The number of halogens is 1. The predicted molar refractivity (Wildman–Crippen MR) is 125 cm³/mol. The fourth-order valence-electron chi connectivity index (χ4n) is 3.99. The van der Waals surface area contributed by atoms with Crippen molar-refractivity contribution in [1.29, 1.82) is 0 Å². The molecule has 1 aromatic heterocycles. The molecular weight excluding hydrogens is 478 g/mol. The van der Waals surface area contributed by atoms with Crippen molar-refractivity contribution in [3.63, 3.8) is 0 Å². The summed E-state index contributed by atoms with van der Waals surface area (Å²) in [4.78, 5) is 18.1. The van der Waals surface area contributed by atoms with Crippen molar-refractivity contribution in [1.82, 2.24) is 14.2 Å². The fraction of sp³-hybridized carbons (Fsp3) is 0.174. The van der Waals surface area contributed by atoms with Gasteiger partial charge in [-0.1, -0.05) is 52.3 Å². The summed E-state index contributed by atoms with van der Waals surface area (Å²) in [5.41, 5.74) is 1.40. The number of amides is 1. The van der Waals surface area contributed by atoms with Crippen LogP contribution >= 0.6 is 15.9 Å². The van der Waals surface area contributed by atoms with Crippen LogP contribution in [0.1, 0.15) is 10.5 Å². The van der Waals surface area contributed by atoms with E-state index < -0.39 is 10.0 Å². The molecule has 3 aromatic carbocycles. The number of fused-ring (bicyclic) bond motifs is 2. The number of carbonyl (C=O) groups excluding carboxylic acids is 1. The van der Waals surface area contributed by atoms with Crippen LogP contribution in [0.5, 0.6) is 0 Å². The molecule has 8 heteroatoms. The summed E-state index contributed by atoms with van der Waals surface area (Å²) in [5.74, 6) is -0.116. The lowest BCUT2D eigenvalue weighted by molar-refractivity contribution is 0.0693. The molecule has 4 aromatic rings. The van der Waals surface area contributed by atoms with E-state index in [1.807, 2.05) is 54.6 Å². The second-order valence-corrected chi connectivity index (χ2v) is 10.5. The van der Waals surface area contributed by atoms with Crippen LogP contribution in [-0.4, -0.2) is 54.7 Å². The molecule has 1 aliphatic rings. The molecule has 1 fully saturated rings. The minimum Gasteiger partial charge on any atom is -0.350 e. The summed E-state index contributed by atoms with van der Waals surface area (Å²) >= 11 is 3.44. The van der Waals surface area contributed by atoms with Crippen molar-refractivity contribution in [2.45, 2.75) is 4.90 Å². The van der Waals surface area contributed by atoms with Crippen molar-refractivity contribution < 1.29 is 13.2 Å². The molecule has 158 valence electrons. The number of aromatic amines is 1. The third kappa shape index (κ3) is 3.75. The second kappa shape index (κ2) is 7.78. The van der Waals surface area contributed by atoms with E-state index >= 15 is 0 Å². The highest BCUT2D eigenvalue weighted by atomic mass is 79.9. The Morgan fingerprint density at radius 1 is 0.839 bits per heavy atom. The van der Waals surface area contributed by atoms with Crippen molar-refractivity contribution in [3.8, 4) is 0 Å². The summed E-state index contributed by atoms with van der Waals surface area (Å²) in [6.07, 6.45) is 0. The van der Waals surface area contributed by atoms with E-state index in [2.05, 4.69) is 20.9 Å². The Morgan fingerprint density at radius 3 is 2.32 bits per heavy atom. The van der Waals surface area contributed by atoms with Gasteiger partial charge in [-0.25, -0.2) is 8.42 Å². The Hall–Kier alpha value is -2.68. The molecular formula is C23H20BrN3O3S. The van der Waals surface area contributed by atoms with Crippen LogP contribution in [0.15, 0.2) is 76.1 Å². The van der Waals surface area contributed by atoms with Crippen LogP contribution in [0.25, 0.3) is 21.7 Å². The highest BCUT2D eigenvalue weighted by Crippen LogP contribution is 2.24. The number of piperazine rings is 1. The van der Waals surface area contributed by atoms with E-state index in [9.17, 15) is 13.2 Å². The van der Waals surface area contributed by atoms with Gasteiger partial charge in [0.05, 0.1) is 4.90 Å². The van der Waals surface area contributed by atoms with E-state index in [1.165, 1.54) is 4.31 Å². The summed E-state index contributed by atoms with van der Waals surface area (Å²) in [6.45, 7) is 1.24. The molecule has 0 spiro atoms. The van der Waals surface area contributed by atoms with Gasteiger partial charge in [0, 0.05) is 41.6 Å². The molecule has 0 saturated carbocycles. The first-order chi connectivity index (χ1) is 14.9. The SMILES string of the molecule is O=C(c1cc2ccc(Br)cc2[nH]1)N1CCN(S(=O)(=O)c2ccc3ccccc3c2)CC1. The van der Waals surface area contributed by atoms with Gasteiger partial charge in [0.25, 0.3) is 5.91 Å². The largest absolute Gasteiger partial charge is 0.350 e. The molecule has 0 radical (unpaired) electrons. The summed E-state index contributed by atoms with van der Waals surface area (Å²) in [5, 5.41) is 2.86. The van der Waals surface area contributed by atoms with Gasteiger partial charge in [-0.15, -0.1) is 0 Å². The minimum absolute atomic E-state index is 0.116. The third-order valence-corrected chi connectivity index (χ3v) is 8.09. The number of hydrogen-bond donors (Lipinski definition) is 1. The van der Waals surface area contributed by atoms with Gasteiger partial charge in [-0.05, 0) is 41.1 Å². The number of sulfonamides is 1. The summed E-state index contributed by atoms with van der Waals surface area (Å²) < 4.78 is 28.7. The molecule has 31 heavy (non-hydrogen) atoms. The average Bonchev–Trinajstić information content (AvgIpc) is 3.21. The van der Waals surface area contributed by atoms with E-state index in [4.69, 9.17) is 0 Å². The highest BCUT2D eigenvalue weighted by Gasteiger charge is 2.31. The number of aromatic nitrogens is 1. The zero-order valence-corrected chi connectivity index (χ0v) is 19.0. The second-order valence-electron chi connectivity index (χ2n) is 7.62. The standard InChI is InChI=1S/C23H20BrN3O3S/c24-19-7-5-18-14-22(25-21(18)15-19)23(28)26-9-11-27(12-10-26)31(29,30)20-8-6-16-3-1-2-4-17(16)13-20/h1-8,13-15,25H,9-12H2. The maximum atomic E-state index is 13.1. The Balaban J connectivity index is 1.32. The molecule has 1 saturated heterocycles. The number of hydrogen-bond acceptors (Lipinski definition) is 3. The van der Waals surface area contributed by atoms with Crippen LogP contribution in [-0.2, 0) is 10.0 Å². The number of nitrogens with zero attached hydrogens (tertiary/aromatic N) is 2. The van der Waals surface area contributed by atoms with Gasteiger partial charge in [0.1, 0.15) is 5.69 Å². The number of rotatable bonds is 3. The number of nitrogens with one attached hydrogen (secondary N) is 1. The van der Waals surface area contributed by atoms with E-state index in [1.54, 1.807) is 17.0 Å². The van der Waals surface area contributed by atoms with E-state index in [-0.39, 0.29) is 23.9 Å². The van der Waals surface area contributed by atoms with Crippen LogP contribution in [0.2, 0.25) is 0 Å². The van der Waals surface area contributed by atoms with Gasteiger partial charge in [-0.2, -0.15) is 4.31 Å². The first-order valence-electron chi connectivity index (χ1n) is 9.98. The quantitative estimate of drug-likeness (QED) is 0.460. The number of benzene rings is 3. The molecule has 0 atom stereocenters. The molecule has 0 bridgehead atoms. The lowest BCUT2D eigenvalue weighted by atomic mass is 10.1. The van der Waals surface area contributed by atoms with E-state index in [0.717, 1.165) is 26.1 Å². The Kier molecular flexibility index (Phi) is 5.08. The first kappa shape index (κ1) is 20.2.